The number of carbonyl (C=O) groups excluding carboxylic acids is 2. The molecule has 0 saturated carbocycles. The van der Waals surface area contributed by atoms with Crippen molar-refractivity contribution < 1.29 is 23.5 Å². The summed E-state index contributed by atoms with van der Waals surface area (Å²) in [6, 6.07) is 13.3. The minimum Gasteiger partial charge on any atom is -0.497 e. The molecule has 5 nitrogen and oxygen atoms in total. The van der Waals surface area contributed by atoms with Crippen molar-refractivity contribution in [3.05, 3.63) is 71.6 Å². The Morgan fingerprint density at radius 2 is 1.96 bits per heavy atom. The van der Waals surface area contributed by atoms with E-state index in [2.05, 4.69) is 5.32 Å². The first kappa shape index (κ1) is 18.2. The van der Waals surface area contributed by atoms with Crippen molar-refractivity contribution in [3.8, 4) is 5.75 Å². The Balaban J connectivity index is 1.76. The molecular weight excluding hydrogens is 325 g/mol. The number of hydrogen-bond donors (Lipinski definition) is 1. The fourth-order valence-electron chi connectivity index (χ4n) is 1.98. The Bertz CT molecular complexity index is 774. The van der Waals surface area contributed by atoms with Crippen molar-refractivity contribution in [1.29, 1.82) is 0 Å². The Morgan fingerprint density at radius 1 is 1.16 bits per heavy atom. The average molecular weight is 343 g/mol. The molecule has 2 aromatic carbocycles. The molecule has 130 valence electrons. The third-order valence-corrected chi connectivity index (χ3v) is 3.29. The van der Waals surface area contributed by atoms with E-state index < -0.39 is 24.3 Å². The molecule has 0 aliphatic carbocycles. The maximum absolute atomic E-state index is 13.4. The number of ether oxygens (including phenoxy) is 2. The molecular formula is C19H18FNO4. The molecule has 0 unspecified atom stereocenters. The largest absolute Gasteiger partial charge is 0.497 e. The Labute approximate surface area is 145 Å². The highest BCUT2D eigenvalue weighted by Gasteiger charge is 2.07. The van der Waals surface area contributed by atoms with Gasteiger partial charge in [0.25, 0.3) is 5.91 Å². The Hall–Kier alpha value is -3.15. The van der Waals surface area contributed by atoms with Gasteiger partial charge in [-0.15, -0.1) is 0 Å². The van der Waals surface area contributed by atoms with Crippen LogP contribution < -0.4 is 10.1 Å². The molecule has 0 spiro atoms. The summed E-state index contributed by atoms with van der Waals surface area (Å²) < 4.78 is 23.3. The fourth-order valence-corrected chi connectivity index (χ4v) is 1.98. The van der Waals surface area contributed by atoms with Crippen LogP contribution in [0.4, 0.5) is 4.39 Å². The second-order valence-electron chi connectivity index (χ2n) is 5.09. The lowest BCUT2D eigenvalue weighted by Crippen LogP contribution is -2.28. The van der Waals surface area contributed by atoms with Crippen LogP contribution in [0.2, 0.25) is 0 Å². The molecule has 1 N–H and O–H groups in total. The highest BCUT2D eigenvalue weighted by Crippen LogP contribution is 2.13. The summed E-state index contributed by atoms with van der Waals surface area (Å²) in [6.45, 7) is -0.404. The summed E-state index contributed by atoms with van der Waals surface area (Å²) in [6.07, 6.45) is 2.78. The summed E-state index contributed by atoms with van der Waals surface area (Å²) in [5.74, 6) is -0.890. The van der Waals surface area contributed by atoms with Gasteiger partial charge in [0, 0.05) is 18.2 Å². The van der Waals surface area contributed by atoms with Crippen LogP contribution >= 0.6 is 0 Å². The number of hydrogen-bond acceptors (Lipinski definition) is 4. The summed E-state index contributed by atoms with van der Waals surface area (Å²) in [5.41, 5.74) is 1.13. The predicted molar refractivity (Wildman–Crippen MR) is 91.2 cm³/mol. The third-order valence-electron chi connectivity index (χ3n) is 3.29. The highest BCUT2D eigenvalue weighted by atomic mass is 19.1. The third kappa shape index (κ3) is 6.10. The zero-order valence-corrected chi connectivity index (χ0v) is 13.7. The van der Waals surface area contributed by atoms with Gasteiger partial charge in [0.1, 0.15) is 11.6 Å². The van der Waals surface area contributed by atoms with Crippen LogP contribution in [-0.4, -0.2) is 25.6 Å². The Morgan fingerprint density at radius 3 is 2.72 bits per heavy atom. The van der Waals surface area contributed by atoms with Crippen molar-refractivity contribution in [3.63, 3.8) is 0 Å². The molecule has 2 aromatic rings. The van der Waals surface area contributed by atoms with E-state index in [-0.39, 0.29) is 6.54 Å². The van der Waals surface area contributed by atoms with E-state index in [1.807, 2.05) is 0 Å². The van der Waals surface area contributed by atoms with Gasteiger partial charge in [0.05, 0.1) is 7.11 Å². The molecule has 25 heavy (non-hydrogen) atoms. The molecule has 0 aromatic heterocycles. The monoisotopic (exact) mass is 343 g/mol. The lowest BCUT2D eigenvalue weighted by Gasteiger charge is -2.06. The lowest BCUT2D eigenvalue weighted by atomic mass is 10.2. The van der Waals surface area contributed by atoms with Gasteiger partial charge in [-0.2, -0.15) is 0 Å². The maximum Gasteiger partial charge on any atom is 0.331 e. The van der Waals surface area contributed by atoms with E-state index in [1.54, 1.807) is 55.7 Å². The smallest absolute Gasteiger partial charge is 0.331 e. The van der Waals surface area contributed by atoms with Crippen LogP contribution in [0.5, 0.6) is 5.75 Å². The van der Waals surface area contributed by atoms with Gasteiger partial charge in [-0.1, -0.05) is 30.3 Å². The van der Waals surface area contributed by atoms with Crippen molar-refractivity contribution in [2.24, 2.45) is 0 Å². The summed E-state index contributed by atoms with van der Waals surface area (Å²) in [4.78, 5) is 23.3. The number of amides is 1. The van der Waals surface area contributed by atoms with Gasteiger partial charge in [-0.3, -0.25) is 4.79 Å². The number of halogens is 1. The van der Waals surface area contributed by atoms with Gasteiger partial charge < -0.3 is 14.8 Å². The van der Waals surface area contributed by atoms with E-state index in [9.17, 15) is 14.0 Å². The number of benzene rings is 2. The van der Waals surface area contributed by atoms with Gasteiger partial charge in [-0.05, 0) is 29.8 Å². The minimum atomic E-state index is -0.649. The molecule has 0 saturated heterocycles. The molecule has 1 amide bonds. The molecule has 0 aliphatic heterocycles. The van der Waals surface area contributed by atoms with E-state index >= 15 is 0 Å². The molecule has 2 rings (SSSR count). The number of rotatable bonds is 7. The van der Waals surface area contributed by atoms with Crippen molar-refractivity contribution in [1.82, 2.24) is 5.32 Å². The number of methoxy groups -OCH3 is 1. The van der Waals surface area contributed by atoms with Crippen LogP contribution in [0.15, 0.2) is 54.6 Å². The standard InChI is InChI=1S/C19H18FNO4/c1-24-16-7-4-5-14(11-16)9-10-19(23)25-13-18(22)21-12-15-6-2-3-8-17(15)20/h2-11H,12-13H2,1H3,(H,21,22)/b10-9+. The Kier molecular flexibility index (Phi) is 6.71. The van der Waals surface area contributed by atoms with E-state index in [0.717, 1.165) is 5.56 Å². The molecule has 0 atom stereocenters. The van der Waals surface area contributed by atoms with Crippen molar-refractivity contribution in [2.45, 2.75) is 6.54 Å². The zero-order valence-electron chi connectivity index (χ0n) is 13.7. The van der Waals surface area contributed by atoms with Gasteiger partial charge in [0.2, 0.25) is 0 Å². The van der Waals surface area contributed by atoms with Crippen LogP contribution in [0, 0.1) is 5.82 Å². The normalized spacial score (nSPS) is 10.5. The van der Waals surface area contributed by atoms with Crippen molar-refractivity contribution in [2.75, 3.05) is 13.7 Å². The molecule has 0 aliphatic rings. The number of nitrogens with one attached hydrogen (secondary N) is 1. The van der Waals surface area contributed by atoms with Crippen LogP contribution in [-0.2, 0) is 20.9 Å². The van der Waals surface area contributed by atoms with Gasteiger partial charge >= 0.3 is 5.97 Å². The topological polar surface area (TPSA) is 64.6 Å². The highest BCUT2D eigenvalue weighted by molar-refractivity contribution is 5.89. The fraction of sp³-hybridized carbons (Fsp3) is 0.158. The zero-order chi connectivity index (χ0) is 18.1. The summed E-state index contributed by atoms with van der Waals surface area (Å²) >= 11 is 0. The lowest BCUT2D eigenvalue weighted by molar-refractivity contribution is -0.143. The summed E-state index contributed by atoms with van der Waals surface area (Å²) in [7, 11) is 1.55. The first-order valence-corrected chi connectivity index (χ1v) is 7.57. The van der Waals surface area contributed by atoms with Crippen LogP contribution in [0.3, 0.4) is 0 Å². The first-order valence-electron chi connectivity index (χ1n) is 7.57. The van der Waals surface area contributed by atoms with E-state index in [1.165, 1.54) is 12.1 Å². The summed E-state index contributed by atoms with van der Waals surface area (Å²) in [5, 5.41) is 2.49. The van der Waals surface area contributed by atoms with Gasteiger partial charge in [-0.25, -0.2) is 9.18 Å². The maximum atomic E-state index is 13.4. The number of esters is 1. The minimum absolute atomic E-state index is 0.0305. The second kappa shape index (κ2) is 9.22. The average Bonchev–Trinajstić information content (AvgIpc) is 2.64. The van der Waals surface area contributed by atoms with Crippen molar-refractivity contribution >= 4 is 18.0 Å². The second-order valence-corrected chi connectivity index (χ2v) is 5.09. The SMILES string of the molecule is COc1cccc(/C=C/C(=O)OCC(=O)NCc2ccccc2F)c1. The first-order chi connectivity index (χ1) is 12.1. The van der Waals surface area contributed by atoms with E-state index in [0.29, 0.717) is 11.3 Å². The van der Waals surface area contributed by atoms with Crippen LogP contribution in [0.25, 0.3) is 6.08 Å². The molecule has 0 heterocycles. The van der Waals surface area contributed by atoms with Crippen LogP contribution in [0.1, 0.15) is 11.1 Å². The van der Waals surface area contributed by atoms with Gasteiger partial charge in [0.15, 0.2) is 6.61 Å². The van der Waals surface area contributed by atoms with E-state index in [4.69, 9.17) is 9.47 Å². The predicted octanol–water partition coefficient (Wildman–Crippen LogP) is 2.71. The quantitative estimate of drug-likeness (QED) is 0.620. The molecule has 0 fully saturated rings. The molecule has 0 bridgehead atoms. The molecule has 0 radical (unpaired) electrons. The number of carbonyl (C=O) groups is 2. The molecule has 6 heteroatoms.